The second kappa shape index (κ2) is 6.80. The lowest BCUT2D eigenvalue weighted by Crippen LogP contribution is -2.15. The summed E-state index contributed by atoms with van der Waals surface area (Å²) >= 11 is 1.30. The molecule has 0 spiro atoms. The number of amides is 2. The number of carbonyl (C=O) groups excluding carboxylic acids is 2. The number of hydrogen-bond donors (Lipinski definition) is 3. The van der Waals surface area contributed by atoms with Crippen LogP contribution in [0.4, 0.5) is 5.69 Å². The molecule has 0 bridgehead atoms. The molecule has 2 amide bonds. The zero-order valence-electron chi connectivity index (χ0n) is 13.1. The number of aromatic nitrogens is 1. The minimum atomic E-state index is -0.396. The first-order chi connectivity index (χ1) is 11.5. The molecule has 0 aliphatic heterocycles. The number of H-pyrrole nitrogens is 1. The van der Waals surface area contributed by atoms with Crippen molar-refractivity contribution in [1.29, 1.82) is 0 Å². The van der Waals surface area contributed by atoms with Gasteiger partial charge in [-0.1, -0.05) is 24.3 Å². The Bertz CT molecular complexity index is 918. The third kappa shape index (κ3) is 3.60. The van der Waals surface area contributed by atoms with Gasteiger partial charge in [-0.05, 0) is 36.8 Å². The lowest BCUT2D eigenvalue weighted by atomic mass is 10.2. The molecule has 1 heterocycles. The Morgan fingerprint density at radius 1 is 1.17 bits per heavy atom. The van der Waals surface area contributed by atoms with Gasteiger partial charge in [0.2, 0.25) is 5.91 Å². The number of para-hydroxylation sites is 1. The minimum Gasteiger partial charge on any atom is -0.369 e. The van der Waals surface area contributed by atoms with E-state index in [4.69, 9.17) is 5.73 Å². The second-order valence-electron chi connectivity index (χ2n) is 5.48. The number of rotatable bonds is 5. The molecular formula is C18H17N3O2S. The van der Waals surface area contributed by atoms with Gasteiger partial charge in [0.15, 0.2) is 0 Å². The molecule has 1 aromatic heterocycles. The average molecular weight is 339 g/mol. The Hall–Kier alpha value is -2.73. The number of aromatic amines is 1. The maximum Gasteiger partial charge on any atom is 0.272 e. The van der Waals surface area contributed by atoms with Crippen LogP contribution in [0.3, 0.4) is 0 Å². The first-order valence-electron chi connectivity index (χ1n) is 7.44. The van der Waals surface area contributed by atoms with Gasteiger partial charge in [-0.2, -0.15) is 0 Å². The molecule has 5 nitrogen and oxygen atoms in total. The van der Waals surface area contributed by atoms with Crippen LogP contribution in [0.25, 0.3) is 10.9 Å². The fraction of sp³-hybridized carbons (Fsp3) is 0.111. The summed E-state index contributed by atoms with van der Waals surface area (Å²) in [5, 5.41) is 3.87. The summed E-state index contributed by atoms with van der Waals surface area (Å²) in [7, 11) is 0. The van der Waals surface area contributed by atoms with Crippen LogP contribution in [0.15, 0.2) is 53.4 Å². The van der Waals surface area contributed by atoms with E-state index >= 15 is 0 Å². The van der Waals surface area contributed by atoms with E-state index in [9.17, 15) is 9.59 Å². The van der Waals surface area contributed by atoms with Crippen molar-refractivity contribution in [2.24, 2.45) is 5.73 Å². The Morgan fingerprint density at radius 2 is 1.96 bits per heavy atom. The smallest absolute Gasteiger partial charge is 0.272 e. The predicted octanol–water partition coefficient (Wildman–Crippen LogP) is 3.31. The Labute approximate surface area is 143 Å². The van der Waals surface area contributed by atoms with Crippen LogP contribution in [0.5, 0.6) is 0 Å². The largest absolute Gasteiger partial charge is 0.369 e. The molecule has 0 aliphatic carbocycles. The van der Waals surface area contributed by atoms with E-state index in [1.807, 2.05) is 49.4 Å². The summed E-state index contributed by atoms with van der Waals surface area (Å²) in [4.78, 5) is 27.4. The molecule has 3 rings (SSSR count). The highest BCUT2D eigenvalue weighted by molar-refractivity contribution is 8.00. The quantitative estimate of drug-likeness (QED) is 0.623. The Balaban J connectivity index is 1.82. The zero-order chi connectivity index (χ0) is 17.1. The van der Waals surface area contributed by atoms with Crippen molar-refractivity contribution in [3.05, 3.63) is 59.8 Å². The molecule has 2 aromatic carbocycles. The Morgan fingerprint density at radius 3 is 2.75 bits per heavy atom. The van der Waals surface area contributed by atoms with Crippen LogP contribution in [-0.2, 0) is 4.79 Å². The lowest BCUT2D eigenvalue weighted by Gasteiger charge is -2.09. The van der Waals surface area contributed by atoms with Gasteiger partial charge in [0.25, 0.3) is 5.91 Å². The van der Waals surface area contributed by atoms with Gasteiger partial charge in [0.1, 0.15) is 5.69 Å². The van der Waals surface area contributed by atoms with Crippen LogP contribution in [0, 0.1) is 6.92 Å². The summed E-state index contributed by atoms with van der Waals surface area (Å²) in [5.74, 6) is -0.457. The second-order valence-corrected chi connectivity index (χ2v) is 6.50. The molecule has 0 atom stereocenters. The van der Waals surface area contributed by atoms with Gasteiger partial charge in [-0.25, -0.2) is 0 Å². The fourth-order valence-corrected chi connectivity index (χ4v) is 3.14. The summed E-state index contributed by atoms with van der Waals surface area (Å²) < 4.78 is 0. The number of benzene rings is 2. The number of aryl methyl sites for hydroxylation is 1. The molecule has 3 aromatic rings. The Kier molecular flexibility index (Phi) is 4.57. The maximum absolute atomic E-state index is 12.5. The van der Waals surface area contributed by atoms with Crippen molar-refractivity contribution in [3.63, 3.8) is 0 Å². The molecule has 0 saturated carbocycles. The van der Waals surface area contributed by atoms with Gasteiger partial charge in [0, 0.05) is 15.8 Å². The molecule has 0 radical (unpaired) electrons. The van der Waals surface area contributed by atoms with Gasteiger partial charge in [-0.3, -0.25) is 9.59 Å². The van der Waals surface area contributed by atoms with Crippen LogP contribution in [-0.4, -0.2) is 22.6 Å². The molecule has 6 heteroatoms. The molecular weight excluding hydrogens is 322 g/mol. The van der Waals surface area contributed by atoms with Crippen molar-refractivity contribution in [2.45, 2.75) is 11.8 Å². The zero-order valence-corrected chi connectivity index (χ0v) is 13.9. The number of anilines is 1. The van der Waals surface area contributed by atoms with Gasteiger partial charge >= 0.3 is 0 Å². The normalized spacial score (nSPS) is 10.7. The molecule has 24 heavy (non-hydrogen) atoms. The molecule has 4 N–H and O–H groups in total. The predicted molar refractivity (Wildman–Crippen MR) is 97.3 cm³/mol. The first-order valence-corrected chi connectivity index (χ1v) is 8.42. The fourth-order valence-electron chi connectivity index (χ4n) is 2.40. The number of thioether (sulfide) groups is 1. The van der Waals surface area contributed by atoms with E-state index in [0.29, 0.717) is 11.4 Å². The number of fused-ring (bicyclic) bond motifs is 1. The molecule has 0 saturated heterocycles. The highest BCUT2D eigenvalue weighted by Gasteiger charge is 2.12. The summed E-state index contributed by atoms with van der Waals surface area (Å²) in [6.45, 7) is 2.01. The number of carbonyl (C=O) groups is 2. The number of nitrogens with two attached hydrogens (primary N) is 1. The van der Waals surface area contributed by atoms with Gasteiger partial charge < -0.3 is 16.0 Å². The van der Waals surface area contributed by atoms with E-state index < -0.39 is 5.91 Å². The number of primary amides is 1. The number of nitrogens with one attached hydrogen (secondary N) is 2. The summed E-state index contributed by atoms with van der Waals surface area (Å²) in [5.41, 5.74) is 8.39. The molecule has 0 unspecified atom stereocenters. The van der Waals surface area contributed by atoms with Crippen molar-refractivity contribution in [2.75, 3.05) is 11.1 Å². The van der Waals surface area contributed by atoms with Gasteiger partial charge in [-0.15, -0.1) is 11.8 Å². The molecule has 0 aliphatic rings. The highest BCUT2D eigenvalue weighted by Crippen LogP contribution is 2.27. The van der Waals surface area contributed by atoms with Crippen molar-refractivity contribution >= 4 is 40.2 Å². The maximum atomic E-state index is 12.5. The van der Waals surface area contributed by atoms with Crippen LogP contribution in [0.1, 0.15) is 16.1 Å². The van der Waals surface area contributed by atoms with E-state index in [1.54, 1.807) is 6.07 Å². The molecule has 122 valence electrons. The topological polar surface area (TPSA) is 88.0 Å². The lowest BCUT2D eigenvalue weighted by molar-refractivity contribution is -0.115. The van der Waals surface area contributed by atoms with Crippen LogP contribution >= 0.6 is 11.8 Å². The first kappa shape index (κ1) is 16.1. The standard InChI is InChI=1S/C18H17N3O2S/c1-11-6-7-12-9-15(20-14(12)8-11)18(23)21-13-4-2-3-5-16(13)24-10-17(19)22/h2-9,20H,10H2,1H3,(H2,19,22)(H,21,23). The summed E-state index contributed by atoms with van der Waals surface area (Å²) in [6, 6.07) is 15.1. The van der Waals surface area contributed by atoms with E-state index in [-0.39, 0.29) is 11.7 Å². The third-order valence-corrected chi connectivity index (χ3v) is 4.62. The number of hydrogen-bond acceptors (Lipinski definition) is 3. The van der Waals surface area contributed by atoms with E-state index in [2.05, 4.69) is 10.3 Å². The SMILES string of the molecule is Cc1ccc2cc(C(=O)Nc3ccccc3SCC(N)=O)[nH]c2c1. The van der Waals surface area contributed by atoms with Crippen LogP contribution in [0.2, 0.25) is 0 Å². The highest BCUT2D eigenvalue weighted by atomic mass is 32.2. The average Bonchev–Trinajstić information content (AvgIpc) is 2.97. The minimum absolute atomic E-state index is 0.165. The third-order valence-electron chi connectivity index (χ3n) is 3.53. The van der Waals surface area contributed by atoms with Crippen LogP contribution < -0.4 is 11.1 Å². The van der Waals surface area contributed by atoms with E-state index in [1.165, 1.54) is 11.8 Å². The van der Waals surface area contributed by atoms with Crippen molar-refractivity contribution in [1.82, 2.24) is 4.98 Å². The monoisotopic (exact) mass is 339 g/mol. The van der Waals surface area contributed by atoms with Gasteiger partial charge in [0.05, 0.1) is 11.4 Å². The summed E-state index contributed by atoms with van der Waals surface area (Å²) in [6.07, 6.45) is 0. The van der Waals surface area contributed by atoms with Crippen molar-refractivity contribution < 1.29 is 9.59 Å². The molecule has 0 fully saturated rings. The van der Waals surface area contributed by atoms with E-state index in [0.717, 1.165) is 21.4 Å². The van der Waals surface area contributed by atoms with Crippen molar-refractivity contribution in [3.8, 4) is 0 Å².